The molecule has 0 atom stereocenters. The molecule has 0 radical (unpaired) electrons. The molecule has 1 saturated carbocycles. The summed E-state index contributed by atoms with van der Waals surface area (Å²) in [4.78, 5) is 33.5. The van der Waals surface area contributed by atoms with E-state index in [4.69, 9.17) is 4.98 Å². The SMILES string of the molecule is O=C(Nc1cncc(-c2cnc3n[nH]c(-c4nc5c(-c6ccncc6)cccc5[nH]4)c3c2)c1)C1CC1. The Morgan fingerprint density at radius 1 is 0.944 bits per heavy atom. The molecular weight excluding hydrogens is 452 g/mol. The van der Waals surface area contributed by atoms with E-state index in [2.05, 4.69) is 41.5 Å². The number of para-hydroxylation sites is 1. The number of hydrogen-bond donors (Lipinski definition) is 3. The summed E-state index contributed by atoms with van der Waals surface area (Å²) >= 11 is 0. The van der Waals surface area contributed by atoms with Gasteiger partial charge in [-0.2, -0.15) is 5.10 Å². The van der Waals surface area contributed by atoms with Crippen molar-refractivity contribution in [1.29, 1.82) is 0 Å². The van der Waals surface area contributed by atoms with E-state index >= 15 is 0 Å². The summed E-state index contributed by atoms with van der Waals surface area (Å²) in [7, 11) is 0. The van der Waals surface area contributed by atoms with Gasteiger partial charge in [0.15, 0.2) is 11.5 Å². The first-order chi connectivity index (χ1) is 17.7. The third-order valence-electron chi connectivity index (χ3n) is 6.44. The molecule has 174 valence electrons. The Labute approximate surface area is 205 Å². The fraction of sp³-hybridized carbons (Fsp3) is 0.111. The Balaban J connectivity index is 1.28. The maximum Gasteiger partial charge on any atom is 0.227 e. The highest BCUT2D eigenvalue weighted by Gasteiger charge is 2.29. The third kappa shape index (κ3) is 3.58. The number of carbonyl (C=O) groups is 1. The second-order valence-corrected chi connectivity index (χ2v) is 8.94. The van der Waals surface area contributed by atoms with Gasteiger partial charge in [0.1, 0.15) is 5.69 Å². The lowest BCUT2D eigenvalue weighted by atomic mass is 10.1. The molecule has 6 aromatic rings. The van der Waals surface area contributed by atoms with Gasteiger partial charge in [0.25, 0.3) is 0 Å². The number of carbonyl (C=O) groups excluding carboxylic acids is 1. The molecule has 1 aliphatic rings. The van der Waals surface area contributed by atoms with Crippen molar-refractivity contribution in [3.8, 4) is 33.8 Å². The van der Waals surface area contributed by atoms with Crippen LogP contribution in [0.4, 0.5) is 5.69 Å². The number of anilines is 1. The number of amides is 1. The molecule has 5 aromatic heterocycles. The van der Waals surface area contributed by atoms with Crippen LogP contribution in [-0.4, -0.2) is 41.0 Å². The average molecular weight is 473 g/mol. The van der Waals surface area contributed by atoms with Gasteiger partial charge in [-0.15, -0.1) is 0 Å². The first kappa shape index (κ1) is 20.5. The molecule has 36 heavy (non-hydrogen) atoms. The van der Waals surface area contributed by atoms with E-state index in [1.54, 1.807) is 31.0 Å². The zero-order valence-electron chi connectivity index (χ0n) is 19.1. The Hall–Kier alpha value is -4.92. The molecule has 1 amide bonds. The molecule has 0 aliphatic heterocycles. The Kier molecular flexibility index (Phi) is 4.60. The number of aromatic amines is 2. The number of rotatable bonds is 5. The quantitative estimate of drug-likeness (QED) is 0.325. The third-order valence-corrected chi connectivity index (χ3v) is 6.44. The predicted molar refractivity (Wildman–Crippen MR) is 137 cm³/mol. The van der Waals surface area contributed by atoms with Crippen molar-refractivity contribution >= 4 is 33.7 Å². The van der Waals surface area contributed by atoms with Crippen molar-refractivity contribution in [3.63, 3.8) is 0 Å². The van der Waals surface area contributed by atoms with Gasteiger partial charge in [0.05, 0.1) is 28.3 Å². The molecule has 1 aliphatic carbocycles. The fourth-order valence-electron chi connectivity index (χ4n) is 4.41. The van der Waals surface area contributed by atoms with Crippen molar-refractivity contribution in [1.82, 2.24) is 35.1 Å². The summed E-state index contributed by atoms with van der Waals surface area (Å²) in [6.07, 6.45) is 10.6. The van der Waals surface area contributed by atoms with Gasteiger partial charge in [-0.1, -0.05) is 12.1 Å². The first-order valence-corrected chi connectivity index (χ1v) is 11.7. The fourth-order valence-corrected chi connectivity index (χ4v) is 4.41. The van der Waals surface area contributed by atoms with Gasteiger partial charge < -0.3 is 10.3 Å². The van der Waals surface area contributed by atoms with E-state index in [-0.39, 0.29) is 11.8 Å². The van der Waals surface area contributed by atoms with Crippen LogP contribution in [-0.2, 0) is 4.79 Å². The molecule has 9 heteroatoms. The number of pyridine rings is 3. The maximum atomic E-state index is 12.2. The number of hydrogen-bond acceptors (Lipinski definition) is 6. The van der Waals surface area contributed by atoms with Crippen LogP contribution in [0.3, 0.4) is 0 Å². The van der Waals surface area contributed by atoms with Crippen LogP contribution in [0.1, 0.15) is 12.8 Å². The van der Waals surface area contributed by atoms with Crippen molar-refractivity contribution in [2.75, 3.05) is 5.32 Å². The van der Waals surface area contributed by atoms with E-state index < -0.39 is 0 Å². The summed E-state index contributed by atoms with van der Waals surface area (Å²) in [5.74, 6) is 0.857. The van der Waals surface area contributed by atoms with E-state index in [0.29, 0.717) is 17.2 Å². The molecule has 3 N–H and O–H groups in total. The van der Waals surface area contributed by atoms with Gasteiger partial charge >= 0.3 is 0 Å². The van der Waals surface area contributed by atoms with Crippen LogP contribution in [0.25, 0.3) is 55.8 Å². The topological polar surface area (TPSA) is 125 Å². The Morgan fingerprint density at radius 2 is 1.81 bits per heavy atom. The molecule has 1 aromatic carbocycles. The number of imidazole rings is 1. The maximum absolute atomic E-state index is 12.2. The van der Waals surface area contributed by atoms with E-state index in [1.165, 1.54) is 0 Å². The number of H-pyrrole nitrogens is 2. The highest BCUT2D eigenvalue weighted by Crippen LogP contribution is 2.33. The molecule has 9 nitrogen and oxygen atoms in total. The van der Waals surface area contributed by atoms with Gasteiger partial charge in [-0.25, -0.2) is 9.97 Å². The van der Waals surface area contributed by atoms with Gasteiger partial charge in [0.2, 0.25) is 5.91 Å². The van der Waals surface area contributed by atoms with Crippen LogP contribution in [0.15, 0.2) is 73.4 Å². The summed E-state index contributed by atoms with van der Waals surface area (Å²) in [5.41, 5.74) is 7.62. The van der Waals surface area contributed by atoms with Crippen LogP contribution >= 0.6 is 0 Å². The van der Waals surface area contributed by atoms with Gasteiger partial charge in [-0.3, -0.25) is 19.9 Å². The number of benzene rings is 1. The standard InChI is InChI=1S/C27H20N8O/c36-27(16-4-5-16)31-19-10-17(12-29-14-19)18-11-21-24(34-35-25(21)30-13-18)26-32-22-3-1-2-20(23(22)33-26)15-6-8-28-9-7-15/h1-3,6-14,16H,4-5H2,(H,31,36)(H,32,33)(H,30,34,35). The van der Waals surface area contributed by atoms with Crippen molar-refractivity contribution < 1.29 is 4.79 Å². The van der Waals surface area contributed by atoms with Crippen LogP contribution in [0.5, 0.6) is 0 Å². The van der Waals surface area contributed by atoms with Crippen molar-refractivity contribution in [2.24, 2.45) is 5.92 Å². The molecule has 5 heterocycles. The summed E-state index contributed by atoms with van der Waals surface area (Å²) in [5, 5.41) is 11.3. The molecule has 7 rings (SSSR count). The van der Waals surface area contributed by atoms with Crippen LogP contribution in [0.2, 0.25) is 0 Å². The average Bonchev–Trinajstić information content (AvgIpc) is 3.55. The lowest BCUT2D eigenvalue weighted by Crippen LogP contribution is -2.13. The zero-order valence-corrected chi connectivity index (χ0v) is 19.1. The summed E-state index contributed by atoms with van der Waals surface area (Å²) in [6, 6.07) is 13.9. The van der Waals surface area contributed by atoms with E-state index in [1.807, 2.05) is 36.4 Å². The van der Waals surface area contributed by atoms with Gasteiger partial charge in [0, 0.05) is 47.4 Å². The van der Waals surface area contributed by atoms with E-state index in [0.717, 1.165) is 57.2 Å². The lowest BCUT2D eigenvalue weighted by molar-refractivity contribution is -0.117. The minimum atomic E-state index is 0.0515. The second kappa shape index (κ2) is 8.09. The second-order valence-electron chi connectivity index (χ2n) is 8.94. The molecule has 0 spiro atoms. The molecular formula is C27H20N8O. The van der Waals surface area contributed by atoms with Crippen LogP contribution < -0.4 is 5.32 Å². The highest BCUT2D eigenvalue weighted by molar-refractivity contribution is 5.98. The largest absolute Gasteiger partial charge is 0.337 e. The molecule has 0 unspecified atom stereocenters. The van der Waals surface area contributed by atoms with Crippen molar-refractivity contribution in [3.05, 3.63) is 73.4 Å². The number of nitrogens with one attached hydrogen (secondary N) is 3. The smallest absolute Gasteiger partial charge is 0.227 e. The lowest BCUT2D eigenvalue weighted by Gasteiger charge is -2.06. The monoisotopic (exact) mass is 472 g/mol. The van der Waals surface area contributed by atoms with Crippen molar-refractivity contribution in [2.45, 2.75) is 12.8 Å². The van der Waals surface area contributed by atoms with E-state index in [9.17, 15) is 4.79 Å². The molecule has 0 bridgehead atoms. The normalized spacial score (nSPS) is 13.3. The number of fused-ring (bicyclic) bond motifs is 2. The minimum Gasteiger partial charge on any atom is -0.337 e. The summed E-state index contributed by atoms with van der Waals surface area (Å²) in [6.45, 7) is 0. The first-order valence-electron chi connectivity index (χ1n) is 11.7. The highest BCUT2D eigenvalue weighted by atomic mass is 16.2. The Bertz CT molecular complexity index is 1750. The molecule has 1 fully saturated rings. The molecule has 0 saturated heterocycles. The summed E-state index contributed by atoms with van der Waals surface area (Å²) < 4.78 is 0. The van der Waals surface area contributed by atoms with Gasteiger partial charge in [-0.05, 0) is 48.7 Å². The van der Waals surface area contributed by atoms with Crippen LogP contribution in [0, 0.1) is 5.92 Å². The number of aromatic nitrogens is 7. The minimum absolute atomic E-state index is 0.0515. The number of nitrogens with zero attached hydrogens (tertiary/aromatic N) is 5. The Morgan fingerprint density at radius 3 is 2.67 bits per heavy atom. The predicted octanol–water partition coefficient (Wildman–Crippen LogP) is 4.97. The zero-order chi connectivity index (χ0) is 24.1.